The SMILES string of the molecule is c1ccc(-c2ccc(N(c3ccc(-c4cccc5c4oc4ccccc45)cc3)c3c(-c4ccccc4)c4ccccc4c4oc5ccccc5c34)cc2)cc1. The summed E-state index contributed by atoms with van der Waals surface area (Å²) in [4.78, 5) is 2.42. The number of benzene rings is 9. The lowest BCUT2D eigenvalue weighted by molar-refractivity contribution is 0.670. The average molecular weight is 704 g/mol. The van der Waals surface area contributed by atoms with Crippen molar-refractivity contribution in [2.45, 2.75) is 0 Å². The predicted octanol–water partition coefficient (Wildman–Crippen LogP) is 15.1. The summed E-state index contributed by atoms with van der Waals surface area (Å²) >= 11 is 0. The van der Waals surface area contributed by atoms with E-state index in [-0.39, 0.29) is 0 Å². The molecule has 0 saturated carbocycles. The van der Waals surface area contributed by atoms with E-state index in [1.165, 1.54) is 11.1 Å². The molecule has 0 atom stereocenters. The standard InChI is InChI=1S/C52H33NO2/c1-3-14-34(15-4-1)35-26-30-38(31-27-35)53(39-32-28-36(29-33-39)40-22-13-23-43-41-18-9-11-24-46(41)54-51(40)43)50-48(37-16-5-2-6-17-37)42-19-7-8-20-44(42)52-49(50)45-21-10-12-25-47(45)55-52/h1-33H. The van der Waals surface area contributed by atoms with Crippen LogP contribution in [0.5, 0.6) is 0 Å². The zero-order valence-electron chi connectivity index (χ0n) is 29.8. The Morgan fingerprint density at radius 3 is 1.47 bits per heavy atom. The summed E-state index contributed by atoms with van der Waals surface area (Å²) in [5, 5.41) is 6.63. The van der Waals surface area contributed by atoms with Gasteiger partial charge in [-0.25, -0.2) is 0 Å². The van der Waals surface area contributed by atoms with Crippen molar-refractivity contribution in [3.8, 4) is 33.4 Å². The molecule has 0 saturated heterocycles. The number of para-hydroxylation sites is 3. The Kier molecular flexibility index (Phi) is 7.17. The Labute approximate surface area is 317 Å². The van der Waals surface area contributed by atoms with Gasteiger partial charge in [-0.1, -0.05) is 164 Å². The second kappa shape index (κ2) is 12.6. The highest BCUT2D eigenvalue weighted by atomic mass is 16.3. The molecule has 2 heterocycles. The molecule has 0 aliphatic carbocycles. The van der Waals surface area contributed by atoms with E-state index in [0.29, 0.717) is 0 Å². The quantitative estimate of drug-likeness (QED) is 0.173. The van der Waals surface area contributed by atoms with Crippen LogP contribution in [0.15, 0.2) is 209 Å². The topological polar surface area (TPSA) is 29.5 Å². The summed E-state index contributed by atoms with van der Waals surface area (Å²) in [6, 6.07) is 70.9. The maximum atomic E-state index is 6.80. The molecule has 0 unspecified atom stereocenters. The van der Waals surface area contributed by atoms with Crippen molar-refractivity contribution in [2.75, 3.05) is 4.90 Å². The molecule has 0 aliphatic heterocycles. The van der Waals surface area contributed by atoms with Crippen LogP contribution in [-0.2, 0) is 0 Å². The lowest BCUT2D eigenvalue weighted by atomic mass is 9.91. The lowest BCUT2D eigenvalue weighted by Crippen LogP contribution is -2.12. The van der Waals surface area contributed by atoms with Crippen molar-refractivity contribution >= 4 is 71.7 Å². The minimum absolute atomic E-state index is 0.864. The summed E-state index contributed by atoms with van der Waals surface area (Å²) in [6.07, 6.45) is 0. The molecule has 3 heteroatoms. The fourth-order valence-corrected chi connectivity index (χ4v) is 8.35. The molecule has 2 aromatic heterocycles. The maximum absolute atomic E-state index is 6.80. The van der Waals surface area contributed by atoms with Crippen LogP contribution < -0.4 is 4.90 Å². The first kappa shape index (κ1) is 31.2. The summed E-state index contributed by atoms with van der Waals surface area (Å²) in [5.74, 6) is 0. The third-order valence-corrected chi connectivity index (χ3v) is 10.9. The van der Waals surface area contributed by atoms with Crippen LogP contribution in [0.2, 0.25) is 0 Å². The second-order valence-corrected chi connectivity index (χ2v) is 14.0. The Hall–Kier alpha value is -7.36. The molecule has 9 aromatic carbocycles. The van der Waals surface area contributed by atoms with E-state index in [9.17, 15) is 0 Å². The molecule has 0 radical (unpaired) electrons. The van der Waals surface area contributed by atoms with E-state index in [1.807, 2.05) is 18.2 Å². The average Bonchev–Trinajstić information content (AvgIpc) is 3.84. The van der Waals surface area contributed by atoms with Gasteiger partial charge in [-0.15, -0.1) is 0 Å². The van der Waals surface area contributed by atoms with Crippen LogP contribution in [0, 0.1) is 0 Å². The first-order valence-electron chi connectivity index (χ1n) is 18.7. The molecular formula is C52H33NO2. The molecule has 11 aromatic rings. The third-order valence-electron chi connectivity index (χ3n) is 10.9. The molecule has 0 bridgehead atoms. The molecule has 11 rings (SSSR count). The number of fused-ring (bicyclic) bond motifs is 8. The molecule has 55 heavy (non-hydrogen) atoms. The number of hydrogen-bond acceptors (Lipinski definition) is 3. The Bertz CT molecular complexity index is 3180. The van der Waals surface area contributed by atoms with Crippen molar-refractivity contribution in [2.24, 2.45) is 0 Å². The van der Waals surface area contributed by atoms with Crippen molar-refractivity contribution in [1.29, 1.82) is 0 Å². The number of rotatable bonds is 6. The van der Waals surface area contributed by atoms with Crippen molar-refractivity contribution in [1.82, 2.24) is 0 Å². The molecule has 0 fully saturated rings. The zero-order valence-corrected chi connectivity index (χ0v) is 29.8. The smallest absolute Gasteiger partial charge is 0.145 e. The van der Waals surface area contributed by atoms with E-state index in [0.717, 1.165) is 94.0 Å². The summed E-state index contributed by atoms with van der Waals surface area (Å²) in [5.41, 5.74) is 13.5. The highest BCUT2D eigenvalue weighted by Gasteiger charge is 2.27. The summed E-state index contributed by atoms with van der Waals surface area (Å²) in [6.45, 7) is 0. The fourth-order valence-electron chi connectivity index (χ4n) is 8.35. The Morgan fingerprint density at radius 1 is 0.309 bits per heavy atom. The van der Waals surface area contributed by atoms with Crippen LogP contribution in [0.25, 0.3) is 88.0 Å². The van der Waals surface area contributed by atoms with Crippen molar-refractivity contribution in [3.63, 3.8) is 0 Å². The Morgan fingerprint density at radius 2 is 0.782 bits per heavy atom. The minimum Gasteiger partial charge on any atom is -0.455 e. The van der Waals surface area contributed by atoms with Gasteiger partial charge in [0.05, 0.1) is 11.1 Å². The monoisotopic (exact) mass is 703 g/mol. The fraction of sp³-hybridized carbons (Fsp3) is 0. The first-order valence-corrected chi connectivity index (χ1v) is 18.7. The molecule has 0 N–H and O–H groups in total. The molecule has 258 valence electrons. The van der Waals surface area contributed by atoms with Gasteiger partial charge < -0.3 is 13.7 Å². The van der Waals surface area contributed by atoms with E-state index in [1.54, 1.807) is 0 Å². The van der Waals surface area contributed by atoms with Crippen molar-refractivity contribution in [3.05, 3.63) is 200 Å². The number of furan rings is 2. The van der Waals surface area contributed by atoms with Gasteiger partial charge in [0.1, 0.15) is 22.3 Å². The predicted molar refractivity (Wildman–Crippen MR) is 229 cm³/mol. The van der Waals surface area contributed by atoms with Crippen LogP contribution in [0.4, 0.5) is 17.1 Å². The van der Waals surface area contributed by atoms with Gasteiger partial charge in [0.2, 0.25) is 0 Å². The normalized spacial score (nSPS) is 11.6. The van der Waals surface area contributed by atoms with E-state index in [4.69, 9.17) is 8.83 Å². The van der Waals surface area contributed by atoms with Crippen LogP contribution in [0.1, 0.15) is 0 Å². The highest BCUT2D eigenvalue weighted by molar-refractivity contribution is 6.27. The molecule has 0 spiro atoms. The van der Waals surface area contributed by atoms with Crippen LogP contribution >= 0.6 is 0 Å². The lowest BCUT2D eigenvalue weighted by Gasteiger charge is -2.30. The van der Waals surface area contributed by atoms with Crippen LogP contribution in [0.3, 0.4) is 0 Å². The van der Waals surface area contributed by atoms with Crippen molar-refractivity contribution < 1.29 is 8.83 Å². The Balaban J connectivity index is 1.20. The van der Waals surface area contributed by atoms with E-state index >= 15 is 0 Å². The largest absolute Gasteiger partial charge is 0.455 e. The number of hydrogen-bond donors (Lipinski definition) is 0. The van der Waals surface area contributed by atoms with Gasteiger partial charge in [0, 0.05) is 44.0 Å². The van der Waals surface area contributed by atoms with Gasteiger partial charge in [-0.2, -0.15) is 0 Å². The highest BCUT2D eigenvalue weighted by Crippen LogP contribution is 2.52. The van der Waals surface area contributed by atoms with Gasteiger partial charge in [0.15, 0.2) is 0 Å². The number of nitrogens with zero attached hydrogens (tertiary/aromatic N) is 1. The number of anilines is 3. The molecular weight excluding hydrogens is 671 g/mol. The summed E-state index contributed by atoms with van der Waals surface area (Å²) < 4.78 is 13.3. The van der Waals surface area contributed by atoms with E-state index in [2.05, 4.69) is 187 Å². The first-order chi connectivity index (χ1) is 27.3. The van der Waals surface area contributed by atoms with Gasteiger partial charge in [0.25, 0.3) is 0 Å². The van der Waals surface area contributed by atoms with Gasteiger partial charge >= 0.3 is 0 Å². The maximum Gasteiger partial charge on any atom is 0.145 e. The molecule has 0 amide bonds. The third kappa shape index (κ3) is 5.05. The van der Waals surface area contributed by atoms with Gasteiger partial charge in [-0.05, 0) is 64.0 Å². The second-order valence-electron chi connectivity index (χ2n) is 14.0. The molecule has 3 nitrogen and oxygen atoms in total. The zero-order chi connectivity index (χ0) is 36.3. The summed E-state index contributed by atoms with van der Waals surface area (Å²) in [7, 11) is 0. The minimum atomic E-state index is 0.864. The van der Waals surface area contributed by atoms with Crippen LogP contribution in [-0.4, -0.2) is 0 Å². The molecule has 0 aliphatic rings. The van der Waals surface area contributed by atoms with Gasteiger partial charge in [-0.3, -0.25) is 0 Å². The van der Waals surface area contributed by atoms with E-state index < -0.39 is 0 Å².